The van der Waals surface area contributed by atoms with E-state index >= 15 is 0 Å². The van der Waals surface area contributed by atoms with Crippen LogP contribution in [0.3, 0.4) is 0 Å². The maximum Gasteiger partial charge on any atom is 0.223 e. The number of hydrogen-bond acceptors (Lipinski definition) is 2. The van der Waals surface area contributed by atoms with Crippen molar-refractivity contribution in [3.63, 3.8) is 0 Å². The number of guanidine groups is 1. The smallest absolute Gasteiger partial charge is 0.223 e. The molecule has 0 saturated heterocycles. The summed E-state index contributed by atoms with van der Waals surface area (Å²) >= 11 is 0. The Bertz CT molecular complexity index is 328. The summed E-state index contributed by atoms with van der Waals surface area (Å²) in [6.07, 6.45) is 10.1. The molecule has 1 aliphatic carbocycles. The molecule has 0 aromatic heterocycles. The SMILES string of the molecule is CN=C(NCCCC1CCCCC1)NCCC(=O)N(C)C.I. The highest BCUT2D eigenvalue weighted by atomic mass is 127. The molecule has 1 aliphatic rings. The molecule has 130 valence electrons. The summed E-state index contributed by atoms with van der Waals surface area (Å²) in [5.41, 5.74) is 0. The van der Waals surface area contributed by atoms with E-state index in [4.69, 9.17) is 0 Å². The predicted molar refractivity (Wildman–Crippen MR) is 104 cm³/mol. The minimum atomic E-state index is 0. The van der Waals surface area contributed by atoms with Crippen molar-refractivity contribution in [1.29, 1.82) is 0 Å². The van der Waals surface area contributed by atoms with Crippen molar-refractivity contribution in [2.24, 2.45) is 10.9 Å². The zero-order chi connectivity index (χ0) is 15.5. The number of carbonyl (C=O) groups is 1. The number of nitrogens with zero attached hydrogens (tertiary/aromatic N) is 2. The van der Waals surface area contributed by atoms with Crippen LogP contribution >= 0.6 is 24.0 Å². The third-order valence-corrected chi connectivity index (χ3v) is 4.16. The van der Waals surface area contributed by atoms with E-state index in [1.807, 2.05) is 0 Å². The van der Waals surface area contributed by atoms with Crippen LogP contribution in [0.15, 0.2) is 4.99 Å². The van der Waals surface area contributed by atoms with Gasteiger partial charge in [-0.2, -0.15) is 0 Å². The molecule has 5 nitrogen and oxygen atoms in total. The van der Waals surface area contributed by atoms with Gasteiger partial charge in [0.15, 0.2) is 5.96 Å². The first-order chi connectivity index (χ1) is 10.1. The Morgan fingerprint density at radius 3 is 2.36 bits per heavy atom. The summed E-state index contributed by atoms with van der Waals surface area (Å²) in [6, 6.07) is 0. The average molecular weight is 424 g/mol. The zero-order valence-electron chi connectivity index (χ0n) is 14.4. The van der Waals surface area contributed by atoms with Crippen LogP contribution in [0.5, 0.6) is 0 Å². The number of rotatable bonds is 7. The first kappa shape index (κ1) is 21.5. The molecule has 0 atom stereocenters. The fraction of sp³-hybridized carbons (Fsp3) is 0.875. The molecule has 0 heterocycles. The van der Waals surface area contributed by atoms with Crippen LogP contribution in [-0.4, -0.2) is 51.0 Å². The van der Waals surface area contributed by atoms with E-state index in [1.54, 1.807) is 26.0 Å². The highest BCUT2D eigenvalue weighted by molar-refractivity contribution is 14.0. The van der Waals surface area contributed by atoms with Gasteiger partial charge >= 0.3 is 0 Å². The summed E-state index contributed by atoms with van der Waals surface area (Å²) in [7, 11) is 5.32. The quantitative estimate of drug-likeness (QED) is 0.286. The molecule has 0 radical (unpaired) electrons. The fourth-order valence-corrected chi connectivity index (χ4v) is 2.81. The number of amides is 1. The lowest BCUT2D eigenvalue weighted by Crippen LogP contribution is -2.39. The van der Waals surface area contributed by atoms with Crippen molar-refractivity contribution in [2.45, 2.75) is 51.4 Å². The van der Waals surface area contributed by atoms with Crippen LogP contribution in [-0.2, 0) is 4.79 Å². The van der Waals surface area contributed by atoms with Gasteiger partial charge in [0.25, 0.3) is 0 Å². The largest absolute Gasteiger partial charge is 0.356 e. The molecule has 0 spiro atoms. The van der Waals surface area contributed by atoms with E-state index in [-0.39, 0.29) is 29.9 Å². The summed E-state index contributed by atoms with van der Waals surface area (Å²) in [4.78, 5) is 17.3. The van der Waals surface area contributed by atoms with E-state index in [0.717, 1.165) is 18.4 Å². The maximum atomic E-state index is 11.5. The van der Waals surface area contributed by atoms with Gasteiger partial charge in [-0.05, 0) is 18.8 Å². The molecule has 1 fully saturated rings. The van der Waals surface area contributed by atoms with Gasteiger partial charge in [0.05, 0.1) is 0 Å². The Morgan fingerprint density at radius 2 is 1.77 bits per heavy atom. The summed E-state index contributed by atoms with van der Waals surface area (Å²) in [5.74, 6) is 1.87. The molecule has 22 heavy (non-hydrogen) atoms. The van der Waals surface area contributed by atoms with Crippen molar-refractivity contribution < 1.29 is 4.79 Å². The minimum absolute atomic E-state index is 0. The van der Waals surface area contributed by atoms with Gasteiger partial charge < -0.3 is 15.5 Å². The normalized spacial score (nSPS) is 15.9. The third kappa shape index (κ3) is 9.48. The Labute approximate surface area is 152 Å². The zero-order valence-corrected chi connectivity index (χ0v) is 16.7. The average Bonchev–Trinajstić information content (AvgIpc) is 2.50. The van der Waals surface area contributed by atoms with E-state index in [2.05, 4.69) is 15.6 Å². The number of hydrogen-bond donors (Lipinski definition) is 2. The number of halogens is 1. The van der Waals surface area contributed by atoms with Gasteiger partial charge in [-0.3, -0.25) is 9.79 Å². The lowest BCUT2D eigenvalue weighted by molar-refractivity contribution is -0.128. The van der Waals surface area contributed by atoms with Crippen LogP contribution in [0.25, 0.3) is 0 Å². The molecular weight excluding hydrogens is 391 g/mol. The van der Waals surface area contributed by atoms with Crippen molar-refractivity contribution in [2.75, 3.05) is 34.2 Å². The van der Waals surface area contributed by atoms with E-state index in [0.29, 0.717) is 13.0 Å². The number of aliphatic imine (C=N–C) groups is 1. The Balaban J connectivity index is 0.00000441. The lowest BCUT2D eigenvalue weighted by Gasteiger charge is -2.21. The molecule has 0 unspecified atom stereocenters. The van der Waals surface area contributed by atoms with Crippen LogP contribution in [0, 0.1) is 5.92 Å². The number of carbonyl (C=O) groups excluding carboxylic acids is 1. The van der Waals surface area contributed by atoms with E-state index in [9.17, 15) is 4.79 Å². The van der Waals surface area contributed by atoms with Gasteiger partial charge in [0.1, 0.15) is 0 Å². The second-order valence-corrected chi connectivity index (χ2v) is 6.11. The summed E-state index contributed by atoms with van der Waals surface area (Å²) in [6.45, 7) is 1.58. The molecule has 0 bridgehead atoms. The Hall–Kier alpha value is -0.530. The molecule has 0 aliphatic heterocycles. The summed E-state index contributed by atoms with van der Waals surface area (Å²) < 4.78 is 0. The van der Waals surface area contributed by atoms with Gasteiger partial charge in [-0.15, -0.1) is 24.0 Å². The molecule has 1 rings (SSSR count). The fourth-order valence-electron chi connectivity index (χ4n) is 2.81. The van der Waals surface area contributed by atoms with Crippen molar-refractivity contribution >= 4 is 35.8 Å². The van der Waals surface area contributed by atoms with Crippen molar-refractivity contribution in [3.8, 4) is 0 Å². The van der Waals surface area contributed by atoms with Crippen LogP contribution in [0.2, 0.25) is 0 Å². The van der Waals surface area contributed by atoms with Gasteiger partial charge in [0, 0.05) is 40.7 Å². The van der Waals surface area contributed by atoms with Crippen LogP contribution < -0.4 is 10.6 Å². The van der Waals surface area contributed by atoms with Crippen molar-refractivity contribution in [3.05, 3.63) is 0 Å². The van der Waals surface area contributed by atoms with E-state index < -0.39 is 0 Å². The molecule has 0 aromatic rings. The minimum Gasteiger partial charge on any atom is -0.356 e. The highest BCUT2D eigenvalue weighted by Crippen LogP contribution is 2.26. The van der Waals surface area contributed by atoms with E-state index in [1.165, 1.54) is 44.9 Å². The Morgan fingerprint density at radius 1 is 1.14 bits per heavy atom. The van der Waals surface area contributed by atoms with Gasteiger partial charge in [-0.25, -0.2) is 0 Å². The highest BCUT2D eigenvalue weighted by Gasteiger charge is 2.12. The molecular formula is C16H33IN4O. The second-order valence-electron chi connectivity index (χ2n) is 6.11. The second kappa shape index (κ2) is 13.0. The monoisotopic (exact) mass is 424 g/mol. The van der Waals surface area contributed by atoms with Crippen LogP contribution in [0.4, 0.5) is 0 Å². The first-order valence-electron chi connectivity index (χ1n) is 8.28. The third-order valence-electron chi connectivity index (χ3n) is 4.16. The predicted octanol–water partition coefficient (Wildman–Crippen LogP) is 2.61. The molecule has 6 heteroatoms. The molecule has 1 amide bonds. The maximum absolute atomic E-state index is 11.5. The molecule has 0 aromatic carbocycles. The van der Waals surface area contributed by atoms with Gasteiger partial charge in [-0.1, -0.05) is 32.1 Å². The molecule has 2 N–H and O–H groups in total. The van der Waals surface area contributed by atoms with Crippen molar-refractivity contribution in [1.82, 2.24) is 15.5 Å². The molecule has 1 saturated carbocycles. The topological polar surface area (TPSA) is 56.7 Å². The Kier molecular flexibility index (Phi) is 12.6. The van der Waals surface area contributed by atoms with Gasteiger partial charge in [0.2, 0.25) is 5.91 Å². The van der Waals surface area contributed by atoms with Crippen LogP contribution in [0.1, 0.15) is 51.4 Å². The lowest BCUT2D eigenvalue weighted by atomic mass is 9.86. The standard InChI is InChI=1S/C16H32N4O.HI/c1-17-16(19-13-11-15(21)20(2)3)18-12-7-10-14-8-5-4-6-9-14;/h14H,4-13H2,1-3H3,(H2,17,18,19);1H. The first-order valence-corrected chi connectivity index (χ1v) is 8.28. The summed E-state index contributed by atoms with van der Waals surface area (Å²) in [5, 5.41) is 6.51. The number of nitrogens with one attached hydrogen (secondary N) is 2.